The Morgan fingerprint density at radius 3 is 1.83 bits per heavy atom. The Hall–Kier alpha value is -0.420. The second kappa shape index (κ2) is 5.27. The van der Waals surface area contributed by atoms with Crippen LogP contribution < -0.4 is 0 Å². The minimum atomic E-state index is -0.611. The first-order chi connectivity index (χ1) is 5.43. The van der Waals surface area contributed by atoms with Crippen LogP contribution in [0, 0.1) is 0 Å². The van der Waals surface area contributed by atoms with Crippen LogP contribution >= 0.6 is 0 Å². The van der Waals surface area contributed by atoms with E-state index in [-0.39, 0.29) is 5.91 Å². The normalized spacial score (nSPS) is 18.1. The van der Waals surface area contributed by atoms with Gasteiger partial charge in [-0.2, -0.15) is 0 Å². The van der Waals surface area contributed by atoms with Gasteiger partial charge in [0.2, 0.25) is 5.91 Å². The highest BCUT2D eigenvalue weighted by Gasteiger charge is 2.19. The summed E-state index contributed by atoms with van der Waals surface area (Å²) in [7, 11) is 3.13. The Morgan fingerprint density at radius 2 is 1.75 bits per heavy atom. The number of hydrogen-bond acceptors (Lipinski definition) is 3. The lowest BCUT2D eigenvalue weighted by molar-refractivity contribution is -0.125. The lowest BCUT2D eigenvalue weighted by atomic mass is 10.6. The molecule has 1 fully saturated rings. The summed E-state index contributed by atoms with van der Waals surface area (Å²) in [6, 6.07) is 0. The average molecular weight is 192 g/mol. The van der Waals surface area contributed by atoms with Gasteiger partial charge in [0.15, 0.2) is 0 Å². The molecule has 1 aliphatic rings. The predicted octanol–water partition coefficient (Wildman–Crippen LogP) is -0.658. The SMILES string of the molecule is CN1CC(=O)N(C)C1.CS(C)=O. The number of likely N-dealkylation sites (N-methyl/N-ethyl adjacent to an activating group) is 2. The highest BCUT2D eigenvalue weighted by molar-refractivity contribution is 7.83. The van der Waals surface area contributed by atoms with Gasteiger partial charge >= 0.3 is 0 Å². The van der Waals surface area contributed by atoms with Gasteiger partial charge in [-0.05, 0) is 7.05 Å². The van der Waals surface area contributed by atoms with Crippen molar-refractivity contribution in [3.05, 3.63) is 0 Å². The van der Waals surface area contributed by atoms with Crippen LogP contribution in [0.15, 0.2) is 0 Å². The number of nitrogens with zero attached hydrogens (tertiary/aromatic N) is 2. The third kappa shape index (κ3) is 5.26. The highest BCUT2D eigenvalue weighted by atomic mass is 32.2. The van der Waals surface area contributed by atoms with E-state index >= 15 is 0 Å². The molecule has 0 aromatic heterocycles. The van der Waals surface area contributed by atoms with Crippen molar-refractivity contribution in [1.29, 1.82) is 0 Å². The molecule has 0 N–H and O–H groups in total. The molecule has 1 rings (SSSR count). The number of rotatable bonds is 0. The number of hydrogen-bond donors (Lipinski definition) is 0. The second-order valence-electron chi connectivity index (χ2n) is 2.99. The molecule has 0 aliphatic carbocycles. The van der Waals surface area contributed by atoms with E-state index in [2.05, 4.69) is 0 Å². The van der Waals surface area contributed by atoms with E-state index in [0.717, 1.165) is 6.67 Å². The van der Waals surface area contributed by atoms with Gasteiger partial charge in [0.05, 0.1) is 13.2 Å². The van der Waals surface area contributed by atoms with Crippen molar-refractivity contribution < 1.29 is 9.00 Å². The summed E-state index contributed by atoms with van der Waals surface area (Å²) in [5.74, 6) is 0.215. The van der Waals surface area contributed by atoms with Crippen molar-refractivity contribution in [1.82, 2.24) is 9.80 Å². The monoisotopic (exact) mass is 192 g/mol. The summed E-state index contributed by atoms with van der Waals surface area (Å²) in [6.07, 6.45) is 3.28. The van der Waals surface area contributed by atoms with Crippen LogP contribution in [0.5, 0.6) is 0 Å². The highest BCUT2D eigenvalue weighted by Crippen LogP contribution is 1.98. The molecule has 4 nitrogen and oxygen atoms in total. The summed E-state index contributed by atoms with van der Waals surface area (Å²) < 4.78 is 9.56. The molecule has 12 heavy (non-hydrogen) atoms. The van der Waals surface area contributed by atoms with Crippen molar-refractivity contribution >= 4 is 16.7 Å². The molecular formula is C7H16N2O2S. The quantitative estimate of drug-likeness (QED) is 0.512. The van der Waals surface area contributed by atoms with Crippen LogP contribution in [0.3, 0.4) is 0 Å². The Labute approximate surface area is 76.0 Å². The molecule has 1 aliphatic heterocycles. The zero-order chi connectivity index (χ0) is 9.72. The molecule has 0 aromatic rings. The van der Waals surface area contributed by atoms with E-state index in [1.807, 2.05) is 19.0 Å². The van der Waals surface area contributed by atoms with Crippen molar-refractivity contribution in [2.75, 3.05) is 39.8 Å². The maximum atomic E-state index is 10.7. The van der Waals surface area contributed by atoms with Gasteiger partial charge in [-0.1, -0.05) is 0 Å². The van der Waals surface area contributed by atoms with Gasteiger partial charge in [-0.15, -0.1) is 0 Å². The third-order valence-corrected chi connectivity index (χ3v) is 1.28. The van der Waals surface area contributed by atoms with Crippen LogP contribution in [-0.2, 0) is 15.6 Å². The maximum Gasteiger partial charge on any atom is 0.237 e. The van der Waals surface area contributed by atoms with E-state index in [9.17, 15) is 9.00 Å². The topological polar surface area (TPSA) is 40.6 Å². The minimum absolute atomic E-state index is 0.215. The molecule has 0 spiro atoms. The summed E-state index contributed by atoms with van der Waals surface area (Å²) in [4.78, 5) is 14.4. The van der Waals surface area contributed by atoms with E-state index < -0.39 is 10.8 Å². The molecule has 0 atom stereocenters. The Morgan fingerprint density at radius 1 is 1.33 bits per heavy atom. The fourth-order valence-electron chi connectivity index (χ4n) is 0.843. The molecule has 0 aromatic carbocycles. The summed E-state index contributed by atoms with van der Waals surface area (Å²) in [6.45, 7) is 1.36. The zero-order valence-corrected chi connectivity index (χ0v) is 8.85. The molecule has 0 saturated carbocycles. The van der Waals surface area contributed by atoms with Gasteiger partial charge in [-0.25, -0.2) is 0 Å². The fraction of sp³-hybridized carbons (Fsp3) is 0.857. The number of carbonyl (C=O) groups excluding carboxylic acids is 1. The summed E-state index contributed by atoms with van der Waals surface area (Å²) in [5, 5.41) is 0. The fourth-order valence-corrected chi connectivity index (χ4v) is 0.843. The molecule has 0 radical (unpaired) electrons. The van der Waals surface area contributed by atoms with E-state index in [4.69, 9.17) is 0 Å². The van der Waals surface area contributed by atoms with Crippen molar-refractivity contribution in [2.24, 2.45) is 0 Å². The predicted molar refractivity (Wildman–Crippen MR) is 50.3 cm³/mol. The van der Waals surface area contributed by atoms with Gasteiger partial charge in [-0.3, -0.25) is 13.9 Å². The Bertz CT molecular complexity index is 180. The first-order valence-corrected chi connectivity index (χ1v) is 5.57. The zero-order valence-electron chi connectivity index (χ0n) is 8.03. The standard InChI is InChI=1S/C5H10N2O.C2H6OS/c1-6-3-5(8)7(2)4-6;1-4(2)3/h3-4H2,1-2H3;1-2H3. The van der Waals surface area contributed by atoms with Crippen LogP contribution in [0.1, 0.15) is 0 Å². The smallest absolute Gasteiger partial charge is 0.237 e. The lowest BCUT2D eigenvalue weighted by Gasteiger charge is -2.06. The minimum Gasteiger partial charge on any atom is -0.332 e. The van der Waals surface area contributed by atoms with Gasteiger partial charge in [0, 0.05) is 30.4 Å². The molecule has 0 bridgehead atoms. The maximum absolute atomic E-state index is 10.7. The van der Waals surface area contributed by atoms with Crippen LogP contribution in [0.4, 0.5) is 0 Å². The lowest BCUT2D eigenvalue weighted by Crippen LogP contribution is -2.20. The molecule has 5 heteroatoms. The van der Waals surface area contributed by atoms with Gasteiger partial charge in [0.25, 0.3) is 0 Å². The first-order valence-electron chi connectivity index (χ1n) is 3.61. The third-order valence-electron chi connectivity index (χ3n) is 1.28. The first kappa shape index (κ1) is 11.6. The molecule has 1 saturated heterocycles. The Balaban J connectivity index is 0.000000261. The number of carbonyl (C=O) groups is 1. The summed E-state index contributed by atoms with van der Waals surface area (Å²) >= 11 is 0. The van der Waals surface area contributed by atoms with Crippen molar-refractivity contribution in [2.45, 2.75) is 0 Å². The molecule has 0 unspecified atom stereocenters. The van der Waals surface area contributed by atoms with Crippen LogP contribution in [0.25, 0.3) is 0 Å². The van der Waals surface area contributed by atoms with Crippen LogP contribution in [0.2, 0.25) is 0 Å². The van der Waals surface area contributed by atoms with E-state index in [1.165, 1.54) is 0 Å². The largest absolute Gasteiger partial charge is 0.332 e. The Kier molecular flexibility index (Phi) is 5.08. The molecule has 1 amide bonds. The van der Waals surface area contributed by atoms with Crippen molar-refractivity contribution in [3.63, 3.8) is 0 Å². The van der Waals surface area contributed by atoms with Gasteiger partial charge in [0.1, 0.15) is 0 Å². The molecular weight excluding hydrogens is 176 g/mol. The molecule has 72 valence electrons. The van der Waals surface area contributed by atoms with Crippen molar-refractivity contribution in [3.8, 4) is 0 Å². The van der Waals surface area contributed by atoms with E-state index in [1.54, 1.807) is 17.4 Å². The number of amides is 1. The van der Waals surface area contributed by atoms with Crippen LogP contribution in [-0.4, -0.2) is 59.7 Å². The summed E-state index contributed by atoms with van der Waals surface area (Å²) in [5.41, 5.74) is 0. The van der Waals surface area contributed by atoms with Gasteiger partial charge < -0.3 is 4.90 Å². The van der Waals surface area contributed by atoms with E-state index in [0.29, 0.717) is 6.54 Å². The molecule has 1 heterocycles. The average Bonchev–Trinajstić information content (AvgIpc) is 2.08. The second-order valence-corrected chi connectivity index (χ2v) is 4.47.